The van der Waals surface area contributed by atoms with Gasteiger partial charge in [0.25, 0.3) is 0 Å². The summed E-state index contributed by atoms with van der Waals surface area (Å²) in [5, 5.41) is 14.0. The Morgan fingerprint density at radius 2 is 1.94 bits per heavy atom. The van der Waals surface area contributed by atoms with Crippen molar-refractivity contribution in [1.29, 1.82) is 0 Å². The number of likely N-dealkylation sites (N-methyl/N-ethyl adjacent to an activating group) is 1. The van der Waals surface area contributed by atoms with Gasteiger partial charge >= 0.3 is 5.97 Å². The fourth-order valence-corrected chi connectivity index (χ4v) is 4.54. The number of rotatable bonds is 6. The van der Waals surface area contributed by atoms with E-state index in [9.17, 15) is 9.18 Å². The number of aromatic nitrogens is 4. The van der Waals surface area contributed by atoms with Crippen LogP contribution in [-0.4, -0.2) is 53.9 Å². The van der Waals surface area contributed by atoms with Crippen LogP contribution in [0.2, 0.25) is 0 Å². The number of H-pyrrole nitrogens is 1. The van der Waals surface area contributed by atoms with Gasteiger partial charge in [-0.2, -0.15) is 0 Å². The lowest BCUT2D eigenvalue weighted by atomic mass is 9.85. The molecular weight excluding hydrogens is 401 g/mol. The standard InChI is InChI=1S/C22H24FN5O3/c1-28(18-12-14(6-11-19(18)30-2)21-24-26-27-25-21)17-10-9-16(22(29)31-3)20(17)13-4-7-15(23)8-5-13/h4-8,11-12,16-17,20H,9-10H2,1-3H3,(H,24,25,26,27)/t16-,17+,20+/m1/s1. The molecule has 1 aliphatic rings. The molecule has 0 unspecified atom stereocenters. The first-order chi connectivity index (χ1) is 15.0. The lowest BCUT2D eigenvalue weighted by Crippen LogP contribution is -2.36. The molecule has 2 aromatic carbocycles. The number of halogens is 1. The molecule has 1 N–H and O–H groups in total. The molecule has 1 heterocycles. The number of anilines is 1. The van der Waals surface area contributed by atoms with Crippen molar-refractivity contribution in [2.75, 3.05) is 26.2 Å². The van der Waals surface area contributed by atoms with Crippen molar-refractivity contribution >= 4 is 11.7 Å². The Morgan fingerprint density at radius 3 is 2.58 bits per heavy atom. The maximum Gasteiger partial charge on any atom is 0.309 e. The monoisotopic (exact) mass is 425 g/mol. The highest BCUT2D eigenvalue weighted by Gasteiger charge is 2.44. The largest absolute Gasteiger partial charge is 0.495 e. The molecule has 3 atom stereocenters. The number of hydrogen-bond donors (Lipinski definition) is 1. The van der Waals surface area contributed by atoms with Crippen LogP contribution < -0.4 is 9.64 Å². The number of nitrogens with one attached hydrogen (secondary N) is 1. The third-order valence-electron chi connectivity index (χ3n) is 6.06. The highest BCUT2D eigenvalue weighted by atomic mass is 19.1. The number of esters is 1. The highest BCUT2D eigenvalue weighted by Crippen LogP contribution is 2.45. The number of carbonyl (C=O) groups excluding carboxylic acids is 1. The van der Waals surface area contributed by atoms with E-state index in [0.29, 0.717) is 18.0 Å². The number of nitrogens with zero attached hydrogens (tertiary/aromatic N) is 4. The quantitative estimate of drug-likeness (QED) is 0.606. The summed E-state index contributed by atoms with van der Waals surface area (Å²) >= 11 is 0. The van der Waals surface area contributed by atoms with Crippen molar-refractivity contribution in [2.45, 2.75) is 24.8 Å². The van der Waals surface area contributed by atoms with E-state index in [4.69, 9.17) is 9.47 Å². The molecule has 1 fully saturated rings. The number of benzene rings is 2. The number of aromatic amines is 1. The summed E-state index contributed by atoms with van der Waals surface area (Å²) in [6.45, 7) is 0. The van der Waals surface area contributed by atoms with Crippen LogP contribution in [0.5, 0.6) is 5.75 Å². The topological polar surface area (TPSA) is 93.2 Å². The second kappa shape index (κ2) is 8.71. The molecule has 0 radical (unpaired) electrons. The van der Waals surface area contributed by atoms with Crippen molar-refractivity contribution in [1.82, 2.24) is 20.6 Å². The van der Waals surface area contributed by atoms with Crippen molar-refractivity contribution in [3.05, 3.63) is 53.8 Å². The van der Waals surface area contributed by atoms with Gasteiger partial charge in [0, 0.05) is 24.6 Å². The van der Waals surface area contributed by atoms with Crippen molar-refractivity contribution in [2.24, 2.45) is 5.92 Å². The molecule has 0 spiro atoms. The van der Waals surface area contributed by atoms with E-state index in [1.54, 1.807) is 19.2 Å². The first-order valence-electron chi connectivity index (χ1n) is 10.0. The lowest BCUT2D eigenvalue weighted by Gasteiger charge is -2.34. The van der Waals surface area contributed by atoms with Crippen LogP contribution >= 0.6 is 0 Å². The zero-order chi connectivity index (χ0) is 22.0. The number of hydrogen-bond acceptors (Lipinski definition) is 7. The fraction of sp³-hybridized carbons (Fsp3) is 0.364. The molecule has 9 heteroatoms. The van der Waals surface area contributed by atoms with E-state index in [1.807, 2.05) is 25.2 Å². The summed E-state index contributed by atoms with van der Waals surface area (Å²) in [5.41, 5.74) is 2.56. The van der Waals surface area contributed by atoms with Gasteiger partial charge in [-0.3, -0.25) is 4.79 Å². The van der Waals surface area contributed by atoms with Gasteiger partial charge in [0.1, 0.15) is 11.6 Å². The SMILES string of the molecule is COC(=O)[C@@H]1CC[C@H](N(C)c2cc(-c3nnn[nH]3)ccc2OC)[C@H]1c1ccc(F)cc1. The molecule has 1 aromatic heterocycles. The van der Waals surface area contributed by atoms with E-state index in [0.717, 1.165) is 23.2 Å². The number of tetrazole rings is 1. The summed E-state index contributed by atoms with van der Waals surface area (Å²) in [4.78, 5) is 14.7. The molecule has 4 rings (SSSR count). The number of carbonyl (C=O) groups is 1. The molecule has 1 aliphatic carbocycles. The van der Waals surface area contributed by atoms with Gasteiger partial charge in [0.15, 0.2) is 5.82 Å². The van der Waals surface area contributed by atoms with Crippen LogP contribution in [0.3, 0.4) is 0 Å². The fourth-order valence-electron chi connectivity index (χ4n) is 4.54. The average Bonchev–Trinajstić information content (AvgIpc) is 3.48. The molecule has 3 aromatic rings. The molecule has 162 valence electrons. The zero-order valence-electron chi connectivity index (χ0n) is 17.6. The predicted molar refractivity (Wildman–Crippen MR) is 112 cm³/mol. The zero-order valence-corrected chi connectivity index (χ0v) is 17.6. The predicted octanol–water partition coefficient (Wildman–Crippen LogP) is 3.19. The van der Waals surface area contributed by atoms with Crippen molar-refractivity contribution in [3.8, 4) is 17.1 Å². The Labute approximate surface area is 179 Å². The summed E-state index contributed by atoms with van der Waals surface area (Å²) < 4.78 is 24.2. The van der Waals surface area contributed by atoms with Crippen LogP contribution in [-0.2, 0) is 9.53 Å². The number of ether oxygens (including phenoxy) is 2. The third kappa shape index (κ3) is 3.95. The summed E-state index contributed by atoms with van der Waals surface area (Å²) in [6, 6.07) is 12.0. The highest BCUT2D eigenvalue weighted by molar-refractivity contribution is 5.75. The molecule has 0 amide bonds. The molecular formula is C22H24FN5O3. The van der Waals surface area contributed by atoms with Gasteiger partial charge < -0.3 is 14.4 Å². The Balaban J connectivity index is 1.74. The molecule has 0 aliphatic heterocycles. The van der Waals surface area contributed by atoms with Crippen molar-refractivity contribution < 1.29 is 18.7 Å². The smallest absolute Gasteiger partial charge is 0.309 e. The maximum atomic E-state index is 13.6. The Morgan fingerprint density at radius 1 is 1.16 bits per heavy atom. The van der Waals surface area contributed by atoms with E-state index in [2.05, 4.69) is 25.5 Å². The second-order valence-electron chi connectivity index (χ2n) is 7.60. The second-order valence-corrected chi connectivity index (χ2v) is 7.60. The molecule has 0 saturated heterocycles. The van der Waals surface area contributed by atoms with Crippen LogP contribution in [0.1, 0.15) is 24.3 Å². The Hall–Kier alpha value is -3.49. The van der Waals surface area contributed by atoms with Crippen LogP contribution in [0.4, 0.5) is 10.1 Å². The van der Waals surface area contributed by atoms with Crippen LogP contribution in [0.15, 0.2) is 42.5 Å². The first kappa shape index (κ1) is 20.8. The minimum Gasteiger partial charge on any atom is -0.495 e. The van der Waals surface area contributed by atoms with Gasteiger partial charge in [-0.05, 0) is 59.2 Å². The first-order valence-corrected chi connectivity index (χ1v) is 10.0. The normalized spacial score (nSPS) is 20.5. The van der Waals surface area contributed by atoms with Gasteiger partial charge in [-0.15, -0.1) is 5.10 Å². The van der Waals surface area contributed by atoms with Crippen LogP contribution in [0.25, 0.3) is 11.4 Å². The molecule has 1 saturated carbocycles. The van der Waals surface area contributed by atoms with Crippen molar-refractivity contribution in [3.63, 3.8) is 0 Å². The minimum absolute atomic E-state index is 0.0217. The molecule has 0 bridgehead atoms. The molecule has 31 heavy (non-hydrogen) atoms. The Bertz CT molecular complexity index is 1040. The minimum atomic E-state index is -0.310. The maximum absolute atomic E-state index is 13.6. The summed E-state index contributed by atoms with van der Waals surface area (Å²) in [6.07, 6.45) is 1.45. The van der Waals surface area contributed by atoms with Gasteiger partial charge in [0.2, 0.25) is 0 Å². The van der Waals surface area contributed by atoms with Gasteiger partial charge in [-0.25, -0.2) is 9.49 Å². The average molecular weight is 425 g/mol. The summed E-state index contributed by atoms with van der Waals surface area (Å²) in [5.74, 6) is 0.216. The third-order valence-corrected chi connectivity index (χ3v) is 6.06. The lowest BCUT2D eigenvalue weighted by molar-refractivity contribution is -0.145. The molecule has 8 nitrogen and oxygen atoms in total. The van der Waals surface area contributed by atoms with E-state index < -0.39 is 0 Å². The summed E-state index contributed by atoms with van der Waals surface area (Å²) in [7, 11) is 4.99. The van der Waals surface area contributed by atoms with Crippen LogP contribution in [0, 0.1) is 11.7 Å². The van der Waals surface area contributed by atoms with E-state index in [1.165, 1.54) is 19.2 Å². The number of methoxy groups -OCH3 is 2. The van der Waals surface area contributed by atoms with E-state index in [-0.39, 0.29) is 29.7 Å². The van der Waals surface area contributed by atoms with Gasteiger partial charge in [0.05, 0.1) is 25.8 Å². The van der Waals surface area contributed by atoms with E-state index >= 15 is 0 Å². The van der Waals surface area contributed by atoms with Gasteiger partial charge in [-0.1, -0.05) is 12.1 Å². The Kier molecular flexibility index (Phi) is 5.83.